The van der Waals surface area contributed by atoms with Gasteiger partial charge in [0.2, 0.25) is 10.0 Å². The smallest absolute Gasteiger partial charge is 0.305 e. The Morgan fingerprint density at radius 2 is 1.85 bits per heavy atom. The zero-order valence-electron chi connectivity index (χ0n) is 15.9. The molecule has 150 valence electrons. The van der Waals surface area contributed by atoms with Gasteiger partial charge in [0.25, 0.3) is 5.91 Å². The van der Waals surface area contributed by atoms with Crippen molar-refractivity contribution in [1.29, 1.82) is 0 Å². The number of sulfonamides is 1. The third kappa shape index (κ3) is 5.29. The second-order valence-corrected chi connectivity index (χ2v) is 8.87. The fraction of sp³-hybridized carbons (Fsp3) is 0.579. The molecule has 1 saturated carbocycles. The first-order valence-corrected chi connectivity index (χ1v) is 10.8. The Bertz CT molecular complexity index is 772. The van der Waals surface area contributed by atoms with Crippen molar-refractivity contribution in [3.8, 4) is 0 Å². The fourth-order valence-electron chi connectivity index (χ4n) is 3.41. The quantitative estimate of drug-likeness (QED) is 0.729. The summed E-state index contributed by atoms with van der Waals surface area (Å²) in [5.74, 6) is -1.34. The second-order valence-electron chi connectivity index (χ2n) is 6.87. The van der Waals surface area contributed by atoms with E-state index in [0.717, 1.165) is 32.1 Å². The van der Waals surface area contributed by atoms with E-state index in [9.17, 15) is 18.0 Å². The Labute approximate surface area is 161 Å². The Balaban J connectivity index is 2.22. The van der Waals surface area contributed by atoms with Gasteiger partial charge in [0, 0.05) is 31.7 Å². The molecule has 0 unspecified atom stereocenters. The maximum atomic E-state index is 13.0. The Kier molecular flexibility index (Phi) is 7.38. The van der Waals surface area contributed by atoms with Crippen LogP contribution in [0.1, 0.15) is 55.8 Å². The number of aliphatic carboxylic acids is 1. The predicted molar refractivity (Wildman–Crippen MR) is 102 cm³/mol. The predicted octanol–water partition coefficient (Wildman–Crippen LogP) is 2.58. The summed E-state index contributed by atoms with van der Waals surface area (Å²) in [6, 6.07) is 6.00. The molecule has 0 aliphatic heterocycles. The van der Waals surface area contributed by atoms with E-state index in [0.29, 0.717) is 6.54 Å². The number of carbonyl (C=O) groups excluding carboxylic acids is 1. The summed E-state index contributed by atoms with van der Waals surface area (Å²) in [6.45, 7) is 2.20. The van der Waals surface area contributed by atoms with Gasteiger partial charge in [0.05, 0.1) is 11.3 Å². The van der Waals surface area contributed by atoms with E-state index in [1.165, 1.54) is 21.3 Å². The number of amides is 1. The van der Waals surface area contributed by atoms with Gasteiger partial charge in [-0.15, -0.1) is 0 Å². The lowest BCUT2D eigenvalue weighted by Crippen LogP contribution is -2.38. The maximum Gasteiger partial charge on any atom is 0.305 e. The van der Waals surface area contributed by atoms with Crippen LogP contribution in [-0.2, 0) is 14.8 Å². The first kappa shape index (κ1) is 21.4. The number of hydrogen-bond acceptors (Lipinski definition) is 4. The van der Waals surface area contributed by atoms with Crippen molar-refractivity contribution in [3.05, 3.63) is 29.8 Å². The van der Waals surface area contributed by atoms with Crippen molar-refractivity contribution in [2.24, 2.45) is 0 Å². The molecule has 0 bridgehead atoms. The molecule has 1 aromatic carbocycles. The molecule has 7 nitrogen and oxygen atoms in total. The largest absolute Gasteiger partial charge is 0.481 e. The monoisotopic (exact) mass is 396 g/mol. The molecule has 0 saturated heterocycles. The number of rotatable bonds is 8. The van der Waals surface area contributed by atoms with E-state index < -0.39 is 16.0 Å². The van der Waals surface area contributed by atoms with Crippen LogP contribution >= 0.6 is 0 Å². The molecule has 1 aromatic rings. The van der Waals surface area contributed by atoms with E-state index >= 15 is 0 Å². The van der Waals surface area contributed by atoms with Crippen LogP contribution in [0.25, 0.3) is 0 Å². The normalized spacial score (nSPS) is 15.7. The van der Waals surface area contributed by atoms with Crippen molar-refractivity contribution in [1.82, 2.24) is 9.21 Å². The number of nitrogens with zero attached hydrogens (tertiary/aromatic N) is 2. The lowest BCUT2D eigenvalue weighted by molar-refractivity contribution is -0.137. The minimum Gasteiger partial charge on any atom is -0.481 e. The molecule has 0 aromatic heterocycles. The summed E-state index contributed by atoms with van der Waals surface area (Å²) in [7, 11) is -2.08. The van der Waals surface area contributed by atoms with Crippen molar-refractivity contribution in [2.45, 2.75) is 56.4 Å². The van der Waals surface area contributed by atoms with Crippen LogP contribution < -0.4 is 0 Å². The summed E-state index contributed by atoms with van der Waals surface area (Å²) < 4.78 is 27.4. The lowest BCUT2D eigenvalue weighted by atomic mass is 9.96. The van der Waals surface area contributed by atoms with Gasteiger partial charge in [0.1, 0.15) is 0 Å². The van der Waals surface area contributed by atoms with Crippen LogP contribution in [0.3, 0.4) is 0 Å². The van der Waals surface area contributed by atoms with Gasteiger partial charge in [-0.1, -0.05) is 25.3 Å². The van der Waals surface area contributed by atoms with Gasteiger partial charge >= 0.3 is 5.97 Å². The zero-order valence-corrected chi connectivity index (χ0v) is 16.7. The molecule has 27 heavy (non-hydrogen) atoms. The van der Waals surface area contributed by atoms with E-state index in [-0.39, 0.29) is 35.4 Å². The van der Waals surface area contributed by atoms with Crippen LogP contribution in [-0.4, -0.2) is 60.8 Å². The highest BCUT2D eigenvalue weighted by molar-refractivity contribution is 7.89. The van der Waals surface area contributed by atoms with Gasteiger partial charge < -0.3 is 10.0 Å². The average Bonchev–Trinajstić information content (AvgIpc) is 2.68. The first-order chi connectivity index (χ1) is 12.8. The maximum absolute atomic E-state index is 13.0. The molecular weight excluding hydrogens is 368 g/mol. The zero-order chi connectivity index (χ0) is 20.0. The van der Waals surface area contributed by atoms with E-state index in [4.69, 9.17) is 5.11 Å². The van der Waals surface area contributed by atoms with Crippen LogP contribution in [0.2, 0.25) is 0 Å². The molecule has 8 heteroatoms. The molecule has 2 rings (SSSR count). The minimum atomic E-state index is -3.68. The molecule has 0 atom stereocenters. The summed E-state index contributed by atoms with van der Waals surface area (Å²) in [6.07, 6.45) is 4.75. The van der Waals surface area contributed by atoms with Crippen LogP contribution in [0.4, 0.5) is 0 Å². The van der Waals surface area contributed by atoms with Crippen LogP contribution in [0.5, 0.6) is 0 Å². The van der Waals surface area contributed by atoms with E-state index in [1.54, 1.807) is 26.1 Å². The molecule has 0 radical (unpaired) electrons. The van der Waals surface area contributed by atoms with Crippen LogP contribution in [0.15, 0.2) is 29.2 Å². The molecule has 1 aliphatic rings. The SMILES string of the molecule is CCN(CCC(=O)O)C(=O)c1cccc(S(=O)(=O)N(C)C2CCCCC2)c1. The Hall–Kier alpha value is -1.93. The first-order valence-electron chi connectivity index (χ1n) is 9.36. The van der Waals surface area contributed by atoms with E-state index in [1.807, 2.05) is 0 Å². The van der Waals surface area contributed by atoms with Gasteiger partial charge in [-0.2, -0.15) is 4.31 Å². The van der Waals surface area contributed by atoms with E-state index in [2.05, 4.69) is 0 Å². The van der Waals surface area contributed by atoms with Gasteiger partial charge in [0.15, 0.2) is 0 Å². The Morgan fingerprint density at radius 3 is 2.44 bits per heavy atom. The average molecular weight is 397 g/mol. The third-order valence-corrected chi connectivity index (χ3v) is 7.02. The molecule has 1 fully saturated rings. The van der Waals surface area contributed by atoms with Crippen molar-refractivity contribution in [2.75, 3.05) is 20.1 Å². The standard InChI is InChI=1S/C19H28N2O5S/c1-3-21(13-12-18(22)23)19(24)15-8-7-11-17(14-15)27(25,26)20(2)16-9-5-4-6-10-16/h7-8,11,14,16H,3-6,9-10,12-13H2,1-2H3,(H,22,23). The molecule has 1 amide bonds. The topological polar surface area (TPSA) is 95.0 Å². The van der Waals surface area contributed by atoms with Crippen molar-refractivity contribution < 1.29 is 23.1 Å². The summed E-state index contributed by atoms with van der Waals surface area (Å²) in [5.41, 5.74) is 0.250. The van der Waals surface area contributed by atoms with Gasteiger partial charge in [-0.05, 0) is 38.0 Å². The molecular formula is C19H28N2O5S. The number of carboxylic acids is 1. The summed E-state index contributed by atoms with van der Waals surface area (Å²) in [5, 5.41) is 8.82. The molecule has 1 aliphatic carbocycles. The van der Waals surface area contributed by atoms with Crippen molar-refractivity contribution in [3.63, 3.8) is 0 Å². The van der Waals surface area contributed by atoms with Gasteiger partial charge in [-0.25, -0.2) is 8.42 Å². The number of hydrogen-bond donors (Lipinski definition) is 1. The molecule has 1 N–H and O–H groups in total. The molecule has 0 heterocycles. The highest BCUT2D eigenvalue weighted by Crippen LogP contribution is 2.27. The number of carbonyl (C=O) groups is 2. The highest BCUT2D eigenvalue weighted by Gasteiger charge is 2.29. The van der Waals surface area contributed by atoms with Gasteiger partial charge in [-0.3, -0.25) is 9.59 Å². The highest BCUT2D eigenvalue weighted by atomic mass is 32.2. The van der Waals surface area contributed by atoms with Crippen molar-refractivity contribution >= 4 is 21.9 Å². The lowest BCUT2D eigenvalue weighted by Gasteiger charge is -2.30. The van der Waals surface area contributed by atoms with Crippen LogP contribution in [0, 0.1) is 0 Å². The number of carboxylic acid groups (broad SMARTS) is 1. The number of benzene rings is 1. The summed E-state index contributed by atoms with van der Waals surface area (Å²) >= 11 is 0. The molecule has 0 spiro atoms. The minimum absolute atomic E-state index is 0.00851. The second kappa shape index (κ2) is 9.32. The Morgan fingerprint density at radius 1 is 1.19 bits per heavy atom. The summed E-state index contributed by atoms with van der Waals surface area (Å²) in [4.78, 5) is 24.9. The fourth-order valence-corrected chi connectivity index (χ4v) is 4.88. The third-order valence-electron chi connectivity index (χ3n) is 5.11.